The molecule has 1 aromatic heterocycles. The van der Waals surface area contributed by atoms with E-state index in [1.165, 1.54) is 10.3 Å². The third kappa shape index (κ3) is 3.48. The van der Waals surface area contributed by atoms with Crippen molar-refractivity contribution in [3.8, 4) is 0 Å². The molecular weight excluding hydrogens is 270 g/mol. The molecule has 1 aromatic carbocycles. The van der Waals surface area contributed by atoms with Crippen LogP contribution in [0.4, 0.5) is 5.13 Å². The van der Waals surface area contributed by atoms with E-state index < -0.39 is 0 Å². The molecule has 1 fully saturated rings. The molecule has 0 aliphatic heterocycles. The smallest absolute Gasteiger partial charge is 0.220 e. The van der Waals surface area contributed by atoms with Crippen molar-refractivity contribution in [2.24, 2.45) is 0 Å². The number of hydrogen-bond acceptors (Lipinski definition) is 4. The van der Waals surface area contributed by atoms with Crippen LogP contribution in [-0.4, -0.2) is 23.5 Å². The third-order valence-electron chi connectivity index (χ3n) is 3.34. The molecule has 4 nitrogen and oxygen atoms in total. The Morgan fingerprint density at radius 3 is 3.10 bits per heavy atom. The van der Waals surface area contributed by atoms with Crippen LogP contribution in [0.5, 0.6) is 0 Å². The maximum Gasteiger partial charge on any atom is 0.220 e. The van der Waals surface area contributed by atoms with Crippen LogP contribution in [0.3, 0.4) is 0 Å². The Bertz CT molecular complexity index is 619. The van der Waals surface area contributed by atoms with E-state index in [1.54, 1.807) is 11.3 Å². The molecule has 0 unspecified atom stereocenters. The topological polar surface area (TPSA) is 54.0 Å². The first-order valence-electron chi connectivity index (χ1n) is 7.11. The van der Waals surface area contributed by atoms with E-state index in [2.05, 4.69) is 40.7 Å². The molecule has 106 valence electrons. The van der Waals surface area contributed by atoms with E-state index in [0.29, 0.717) is 12.5 Å². The molecule has 1 aliphatic rings. The van der Waals surface area contributed by atoms with Crippen molar-refractivity contribution < 1.29 is 4.79 Å². The number of nitrogens with one attached hydrogen (secondary N) is 2. The summed E-state index contributed by atoms with van der Waals surface area (Å²) in [6.45, 7) is 2.86. The Balaban J connectivity index is 1.45. The summed E-state index contributed by atoms with van der Waals surface area (Å²) in [4.78, 5) is 16.1. The monoisotopic (exact) mass is 289 g/mol. The summed E-state index contributed by atoms with van der Waals surface area (Å²) in [7, 11) is 0. The van der Waals surface area contributed by atoms with Gasteiger partial charge < -0.3 is 10.6 Å². The summed E-state index contributed by atoms with van der Waals surface area (Å²) in [5, 5.41) is 7.24. The van der Waals surface area contributed by atoms with Gasteiger partial charge >= 0.3 is 0 Å². The van der Waals surface area contributed by atoms with Crippen LogP contribution in [0, 0.1) is 6.92 Å². The number of amides is 1. The molecule has 0 atom stereocenters. The number of aryl methyl sites for hydroxylation is 1. The maximum atomic E-state index is 11.5. The highest BCUT2D eigenvalue weighted by molar-refractivity contribution is 7.22. The molecule has 2 N–H and O–H groups in total. The SMILES string of the molecule is Cc1ccc2sc(NCCCC(=O)NC3CC3)nc2c1. The predicted molar refractivity (Wildman–Crippen MR) is 83.2 cm³/mol. The first kappa shape index (κ1) is 13.4. The van der Waals surface area contributed by atoms with Crippen molar-refractivity contribution in [3.05, 3.63) is 23.8 Å². The molecule has 0 spiro atoms. The molecule has 3 rings (SSSR count). The molecule has 0 radical (unpaired) electrons. The molecule has 0 saturated heterocycles. The van der Waals surface area contributed by atoms with Gasteiger partial charge in [-0.05, 0) is 43.9 Å². The zero-order valence-electron chi connectivity index (χ0n) is 11.6. The molecule has 5 heteroatoms. The molecule has 20 heavy (non-hydrogen) atoms. The lowest BCUT2D eigenvalue weighted by atomic mass is 10.2. The number of thiazole rings is 1. The minimum absolute atomic E-state index is 0.175. The predicted octanol–water partition coefficient (Wildman–Crippen LogP) is 3.08. The van der Waals surface area contributed by atoms with E-state index >= 15 is 0 Å². The number of fused-ring (bicyclic) bond motifs is 1. The van der Waals surface area contributed by atoms with Crippen LogP contribution in [0.2, 0.25) is 0 Å². The molecule has 2 aromatic rings. The van der Waals surface area contributed by atoms with Gasteiger partial charge in [0.15, 0.2) is 5.13 Å². The maximum absolute atomic E-state index is 11.5. The zero-order chi connectivity index (χ0) is 13.9. The van der Waals surface area contributed by atoms with Crippen LogP contribution in [-0.2, 0) is 4.79 Å². The lowest BCUT2D eigenvalue weighted by Crippen LogP contribution is -2.25. The third-order valence-corrected chi connectivity index (χ3v) is 4.34. The van der Waals surface area contributed by atoms with Gasteiger partial charge in [-0.25, -0.2) is 4.98 Å². The standard InChI is InChI=1S/C15H19N3OS/c1-10-4-7-13-12(9-10)18-15(20-13)16-8-2-3-14(19)17-11-5-6-11/h4,7,9,11H,2-3,5-6,8H2,1H3,(H,16,18)(H,17,19). The second-order valence-electron chi connectivity index (χ2n) is 5.36. The summed E-state index contributed by atoms with van der Waals surface area (Å²) in [6, 6.07) is 6.77. The Kier molecular flexibility index (Phi) is 3.87. The number of aromatic nitrogens is 1. The van der Waals surface area contributed by atoms with E-state index in [-0.39, 0.29) is 5.91 Å². The van der Waals surface area contributed by atoms with Gasteiger partial charge in [0.1, 0.15) is 0 Å². The van der Waals surface area contributed by atoms with Gasteiger partial charge in [0.2, 0.25) is 5.91 Å². The Labute approximate surface area is 122 Å². The fourth-order valence-electron chi connectivity index (χ4n) is 2.08. The van der Waals surface area contributed by atoms with Crippen molar-refractivity contribution in [2.75, 3.05) is 11.9 Å². The highest BCUT2D eigenvalue weighted by Crippen LogP contribution is 2.26. The van der Waals surface area contributed by atoms with Crippen LogP contribution in [0.25, 0.3) is 10.2 Å². The van der Waals surface area contributed by atoms with E-state index in [9.17, 15) is 4.79 Å². The lowest BCUT2D eigenvalue weighted by molar-refractivity contribution is -0.121. The average molecular weight is 289 g/mol. The van der Waals surface area contributed by atoms with Crippen molar-refractivity contribution in [2.45, 2.75) is 38.6 Å². The average Bonchev–Trinajstić information content (AvgIpc) is 3.12. The van der Waals surface area contributed by atoms with Gasteiger partial charge in [-0.3, -0.25) is 4.79 Å². The van der Waals surface area contributed by atoms with Gasteiger partial charge in [-0.1, -0.05) is 17.4 Å². The summed E-state index contributed by atoms with van der Waals surface area (Å²) in [5.41, 5.74) is 2.27. The van der Waals surface area contributed by atoms with Crippen molar-refractivity contribution in [1.82, 2.24) is 10.3 Å². The quantitative estimate of drug-likeness (QED) is 0.804. The van der Waals surface area contributed by atoms with E-state index in [4.69, 9.17) is 0 Å². The van der Waals surface area contributed by atoms with Crippen molar-refractivity contribution >= 4 is 32.6 Å². The largest absolute Gasteiger partial charge is 0.361 e. The van der Waals surface area contributed by atoms with Gasteiger partial charge in [-0.15, -0.1) is 0 Å². The molecule has 1 saturated carbocycles. The fourth-order valence-corrected chi connectivity index (χ4v) is 2.96. The molecule has 1 aliphatic carbocycles. The van der Waals surface area contributed by atoms with Crippen molar-refractivity contribution in [3.63, 3.8) is 0 Å². The summed E-state index contributed by atoms with van der Waals surface area (Å²) >= 11 is 1.66. The lowest BCUT2D eigenvalue weighted by Gasteiger charge is -2.03. The Morgan fingerprint density at radius 1 is 1.45 bits per heavy atom. The highest BCUT2D eigenvalue weighted by Gasteiger charge is 2.22. The van der Waals surface area contributed by atoms with E-state index in [0.717, 1.165) is 36.5 Å². The highest BCUT2D eigenvalue weighted by atomic mass is 32.1. The second-order valence-corrected chi connectivity index (χ2v) is 6.39. The number of rotatable bonds is 6. The number of carbonyl (C=O) groups excluding carboxylic acids is 1. The molecule has 1 amide bonds. The molecular formula is C15H19N3OS. The second kappa shape index (κ2) is 5.79. The summed E-state index contributed by atoms with van der Waals surface area (Å²) in [6.07, 6.45) is 3.73. The van der Waals surface area contributed by atoms with Gasteiger partial charge in [0, 0.05) is 19.0 Å². The number of hydrogen-bond donors (Lipinski definition) is 2. The van der Waals surface area contributed by atoms with Crippen LogP contribution >= 0.6 is 11.3 Å². The summed E-state index contributed by atoms with van der Waals surface area (Å²) in [5.74, 6) is 0.175. The van der Waals surface area contributed by atoms with Crippen LogP contribution in [0.15, 0.2) is 18.2 Å². The Morgan fingerprint density at radius 2 is 2.30 bits per heavy atom. The number of benzene rings is 1. The Hall–Kier alpha value is -1.62. The van der Waals surface area contributed by atoms with E-state index in [1.807, 2.05) is 0 Å². The van der Waals surface area contributed by atoms with Crippen LogP contribution < -0.4 is 10.6 Å². The molecule has 1 heterocycles. The summed E-state index contributed by atoms with van der Waals surface area (Å²) < 4.78 is 1.20. The minimum Gasteiger partial charge on any atom is -0.361 e. The van der Waals surface area contributed by atoms with Crippen molar-refractivity contribution in [1.29, 1.82) is 0 Å². The first-order valence-corrected chi connectivity index (χ1v) is 7.93. The normalized spacial score (nSPS) is 14.4. The van der Waals surface area contributed by atoms with Gasteiger partial charge in [-0.2, -0.15) is 0 Å². The minimum atomic E-state index is 0.175. The number of carbonyl (C=O) groups is 1. The molecule has 0 bridgehead atoms. The van der Waals surface area contributed by atoms with Crippen LogP contribution in [0.1, 0.15) is 31.2 Å². The van der Waals surface area contributed by atoms with Gasteiger partial charge in [0.25, 0.3) is 0 Å². The number of nitrogens with zero attached hydrogens (tertiary/aromatic N) is 1. The zero-order valence-corrected chi connectivity index (χ0v) is 12.4. The van der Waals surface area contributed by atoms with Gasteiger partial charge in [0.05, 0.1) is 10.2 Å². The first-order chi connectivity index (χ1) is 9.70. The number of anilines is 1. The fraction of sp³-hybridized carbons (Fsp3) is 0.467.